The summed E-state index contributed by atoms with van der Waals surface area (Å²) in [7, 11) is 0. The molecule has 0 saturated heterocycles. The minimum atomic E-state index is -0.488. The van der Waals surface area contributed by atoms with Crippen LogP contribution in [0.25, 0.3) is 0 Å². The van der Waals surface area contributed by atoms with E-state index >= 15 is 0 Å². The monoisotopic (exact) mass is 506 g/mol. The lowest BCUT2D eigenvalue weighted by Gasteiger charge is -2.31. The van der Waals surface area contributed by atoms with Crippen LogP contribution < -0.4 is 5.32 Å². The highest BCUT2D eigenvalue weighted by molar-refractivity contribution is 7.99. The number of amides is 2. The first-order chi connectivity index (χ1) is 15.9. The standard InChI is InChI=1S/C26H32Cl2N2O2S/c1-3-24(26(32)29-22-9-4-5-10-22)30(15-19-8-6-7-18(2)13-19)25(31)17-33-16-20-11-12-21(27)14-23(20)28/h6-8,11-14,22,24H,3-5,9-10,15-17H2,1-2H3,(H,29,32)/t24-/m1/s1. The summed E-state index contributed by atoms with van der Waals surface area (Å²) in [6.07, 6.45) is 4.91. The van der Waals surface area contributed by atoms with Gasteiger partial charge in [-0.15, -0.1) is 11.8 Å². The number of benzene rings is 2. The van der Waals surface area contributed by atoms with E-state index in [1.807, 2.05) is 38.1 Å². The molecule has 33 heavy (non-hydrogen) atoms. The molecule has 7 heteroatoms. The second kappa shape index (κ2) is 12.7. The van der Waals surface area contributed by atoms with Crippen molar-refractivity contribution in [2.24, 2.45) is 0 Å². The maximum absolute atomic E-state index is 13.4. The van der Waals surface area contributed by atoms with Crippen molar-refractivity contribution in [3.05, 3.63) is 69.2 Å². The fourth-order valence-electron chi connectivity index (χ4n) is 4.26. The van der Waals surface area contributed by atoms with Gasteiger partial charge in [0.1, 0.15) is 6.04 Å². The number of halogens is 2. The maximum Gasteiger partial charge on any atom is 0.243 e. The third-order valence-electron chi connectivity index (χ3n) is 6.02. The summed E-state index contributed by atoms with van der Waals surface area (Å²) in [6, 6.07) is 13.2. The predicted octanol–water partition coefficient (Wildman–Crippen LogP) is 6.40. The largest absolute Gasteiger partial charge is 0.352 e. The number of hydrogen-bond acceptors (Lipinski definition) is 3. The smallest absolute Gasteiger partial charge is 0.243 e. The number of nitrogens with one attached hydrogen (secondary N) is 1. The van der Waals surface area contributed by atoms with Crippen molar-refractivity contribution in [1.29, 1.82) is 0 Å². The van der Waals surface area contributed by atoms with Gasteiger partial charge in [0.05, 0.1) is 5.75 Å². The van der Waals surface area contributed by atoms with Crippen LogP contribution >= 0.6 is 35.0 Å². The van der Waals surface area contributed by atoms with Crippen LogP contribution in [0.3, 0.4) is 0 Å². The minimum Gasteiger partial charge on any atom is -0.352 e. The van der Waals surface area contributed by atoms with Gasteiger partial charge < -0.3 is 10.2 Å². The second-order valence-corrected chi connectivity index (χ2v) is 10.5. The molecule has 2 amide bonds. The van der Waals surface area contributed by atoms with Gasteiger partial charge in [-0.2, -0.15) is 0 Å². The molecule has 1 saturated carbocycles. The van der Waals surface area contributed by atoms with E-state index in [0.29, 0.717) is 28.8 Å². The number of thioether (sulfide) groups is 1. The average molecular weight is 508 g/mol. The van der Waals surface area contributed by atoms with Crippen LogP contribution in [-0.2, 0) is 21.9 Å². The van der Waals surface area contributed by atoms with Crippen molar-refractivity contribution >= 4 is 46.8 Å². The Labute approximate surface area is 211 Å². The number of hydrogen-bond donors (Lipinski definition) is 1. The highest BCUT2D eigenvalue weighted by Gasteiger charge is 2.30. The first-order valence-electron chi connectivity index (χ1n) is 11.5. The topological polar surface area (TPSA) is 49.4 Å². The summed E-state index contributed by atoms with van der Waals surface area (Å²) in [5.41, 5.74) is 3.10. The van der Waals surface area contributed by atoms with Crippen LogP contribution in [0.5, 0.6) is 0 Å². The third kappa shape index (κ3) is 7.66. The Morgan fingerprint density at radius 2 is 1.91 bits per heavy atom. The maximum atomic E-state index is 13.4. The van der Waals surface area contributed by atoms with Crippen molar-refractivity contribution < 1.29 is 9.59 Å². The van der Waals surface area contributed by atoms with Gasteiger partial charge in [-0.05, 0) is 49.4 Å². The molecule has 0 unspecified atom stereocenters. The molecule has 4 nitrogen and oxygen atoms in total. The molecular weight excluding hydrogens is 475 g/mol. The number of carbonyl (C=O) groups is 2. The molecule has 3 rings (SSSR count). The quantitative estimate of drug-likeness (QED) is 0.405. The van der Waals surface area contributed by atoms with Crippen LogP contribution in [0.1, 0.15) is 55.7 Å². The number of carbonyl (C=O) groups excluding carboxylic acids is 2. The fourth-order valence-corrected chi connectivity index (χ4v) is 5.73. The summed E-state index contributed by atoms with van der Waals surface area (Å²) >= 11 is 13.8. The van der Waals surface area contributed by atoms with Crippen LogP contribution in [-0.4, -0.2) is 34.6 Å². The van der Waals surface area contributed by atoms with Gasteiger partial charge in [0.2, 0.25) is 11.8 Å². The van der Waals surface area contributed by atoms with E-state index in [-0.39, 0.29) is 23.6 Å². The molecule has 1 fully saturated rings. The predicted molar refractivity (Wildman–Crippen MR) is 139 cm³/mol. The third-order valence-corrected chi connectivity index (χ3v) is 7.57. The average Bonchev–Trinajstić information content (AvgIpc) is 3.28. The van der Waals surface area contributed by atoms with Crippen molar-refractivity contribution in [2.75, 3.05) is 5.75 Å². The first kappa shape index (κ1) is 25.9. The Morgan fingerprint density at radius 1 is 1.15 bits per heavy atom. The Balaban J connectivity index is 1.71. The number of aryl methyl sites for hydroxylation is 1. The molecular formula is C26H32Cl2N2O2S. The summed E-state index contributed by atoms with van der Waals surface area (Å²) in [5.74, 6) is 0.791. The van der Waals surface area contributed by atoms with Crippen molar-refractivity contribution in [1.82, 2.24) is 10.2 Å². The molecule has 0 aliphatic heterocycles. The van der Waals surface area contributed by atoms with Crippen LogP contribution in [0.2, 0.25) is 10.0 Å². The Hall–Kier alpha value is -1.69. The van der Waals surface area contributed by atoms with E-state index in [4.69, 9.17) is 23.2 Å². The zero-order valence-corrected chi connectivity index (χ0v) is 21.6. The molecule has 2 aromatic rings. The summed E-state index contributed by atoms with van der Waals surface area (Å²) in [5, 5.41) is 4.38. The van der Waals surface area contributed by atoms with Gasteiger partial charge in [-0.25, -0.2) is 0 Å². The molecule has 2 aromatic carbocycles. The first-order valence-corrected chi connectivity index (χ1v) is 13.5. The van der Waals surface area contributed by atoms with E-state index in [0.717, 1.165) is 42.4 Å². The highest BCUT2D eigenvalue weighted by atomic mass is 35.5. The Bertz CT molecular complexity index is 963. The molecule has 0 spiro atoms. The summed E-state index contributed by atoms with van der Waals surface area (Å²) in [4.78, 5) is 28.3. The molecule has 1 N–H and O–H groups in total. The van der Waals surface area contributed by atoms with Crippen LogP contribution in [0, 0.1) is 6.92 Å². The van der Waals surface area contributed by atoms with Gasteiger partial charge in [0.25, 0.3) is 0 Å². The van der Waals surface area contributed by atoms with Crippen molar-refractivity contribution in [2.45, 2.75) is 70.3 Å². The lowest BCUT2D eigenvalue weighted by atomic mass is 10.1. The van der Waals surface area contributed by atoms with E-state index < -0.39 is 6.04 Å². The SMILES string of the molecule is CC[C@H](C(=O)NC1CCCC1)N(Cc1cccc(C)c1)C(=O)CSCc1ccc(Cl)cc1Cl. The van der Waals surface area contributed by atoms with Gasteiger partial charge in [0, 0.05) is 28.4 Å². The summed E-state index contributed by atoms with van der Waals surface area (Å²) < 4.78 is 0. The molecule has 0 aromatic heterocycles. The summed E-state index contributed by atoms with van der Waals surface area (Å²) in [6.45, 7) is 4.42. The van der Waals surface area contributed by atoms with Gasteiger partial charge in [-0.1, -0.05) is 78.9 Å². The molecule has 1 aliphatic rings. The number of rotatable bonds is 10. The fraction of sp³-hybridized carbons (Fsp3) is 0.462. The van der Waals surface area contributed by atoms with E-state index in [1.54, 1.807) is 17.0 Å². The van der Waals surface area contributed by atoms with E-state index in [9.17, 15) is 9.59 Å². The van der Waals surface area contributed by atoms with Gasteiger partial charge >= 0.3 is 0 Å². The molecule has 0 bridgehead atoms. The van der Waals surface area contributed by atoms with Crippen molar-refractivity contribution in [3.8, 4) is 0 Å². The van der Waals surface area contributed by atoms with Crippen LogP contribution in [0.15, 0.2) is 42.5 Å². The number of nitrogens with zero attached hydrogens (tertiary/aromatic N) is 1. The zero-order chi connectivity index (χ0) is 23.8. The highest BCUT2D eigenvalue weighted by Crippen LogP contribution is 2.25. The van der Waals surface area contributed by atoms with E-state index in [2.05, 4.69) is 11.4 Å². The van der Waals surface area contributed by atoms with E-state index in [1.165, 1.54) is 11.8 Å². The molecule has 1 atom stereocenters. The normalized spacial score (nSPS) is 14.8. The van der Waals surface area contributed by atoms with Gasteiger partial charge in [0.15, 0.2) is 0 Å². The van der Waals surface area contributed by atoms with Crippen molar-refractivity contribution in [3.63, 3.8) is 0 Å². The lowest BCUT2D eigenvalue weighted by molar-refractivity contribution is -0.139. The molecule has 0 heterocycles. The molecule has 0 radical (unpaired) electrons. The zero-order valence-electron chi connectivity index (χ0n) is 19.3. The van der Waals surface area contributed by atoms with Crippen LogP contribution in [0.4, 0.5) is 0 Å². The molecule has 1 aliphatic carbocycles. The minimum absolute atomic E-state index is 0.0417. The Kier molecular flexibility index (Phi) is 9.96. The van der Waals surface area contributed by atoms with Gasteiger partial charge in [-0.3, -0.25) is 9.59 Å². The molecule has 178 valence electrons. The lowest BCUT2D eigenvalue weighted by Crippen LogP contribution is -2.51. The second-order valence-electron chi connectivity index (χ2n) is 8.65. The Morgan fingerprint density at radius 3 is 2.58 bits per heavy atom.